The van der Waals surface area contributed by atoms with Gasteiger partial charge in [-0.3, -0.25) is 9.59 Å². The zero-order chi connectivity index (χ0) is 44.0. The van der Waals surface area contributed by atoms with E-state index in [1.165, 1.54) is 11.1 Å². The molecule has 0 spiro atoms. The quantitative estimate of drug-likeness (QED) is 0.0972. The highest BCUT2D eigenvalue weighted by molar-refractivity contribution is 7.09. The fourth-order valence-corrected chi connectivity index (χ4v) is 11.0. The number of carboxylic acids is 1. The summed E-state index contributed by atoms with van der Waals surface area (Å²) in [5.74, 6) is -1.26. The van der Waals surface area contributed by atoms with Crippen molar-refractivity contribution in [2.75, 3.05) is 0 Å². The van der Waals surface area contributed by atoms with Gasteiger partial charge in [0.2, 0.25) is 0 Å². The normalized spacial score (nSPS) is 17.4. The van der Waals surface area contributed by atoms with E-state index >= 15 is 0 Å². The lowest BCUT2D eigenvalue weighted by atomic mass is 9.73. The Labute approximate surface area is 351 Å². The third-order valence-electron chi connectivity index (χ3n) is 13.4. The molecule has 0 aliphatic heterocycles. The maximum absolute atomic E-state index is 14.7. The van der Waals surface area contributed by atoms with E-state index in [0.29, 0.717) is 0 Å². The molecular weight excluding hydrogens is 767 g/mol. The van der Waals surface area contributed by atoms with Crippen molar-refractivity contribution < 1.29 is 28.0 Å². The van der Waals surface area contributed by atoms with Crippen molar-refractivity contribution in [1.29, 1.82) is 0 Å². The number of aromatic nitrogens is 1. The van der Waals surface area contributed by atoms with Crippen LogP contribution in [0.25, 0.3) is 6.08 Å². The van der Waals surface area contributed by atoms with E-state index < -0.39 is 48.4 Å². The van der Waals surface area contributed by atoms with Crippen molar-refractivity contribution in [1.82, 2.24) is 4.98 Å². The second kappa shape index (κ2) is 19.9. The second-order valence-corrected chi connectivity index (χ2v) is 37.2. The smallest absolute Gasteiger partial charge is 0.305 e. The first kappa shape index (κ1) is 52.8. The van der Waals surface area contributed by atoms with Crippen molar-refractivity contribution in [3.63, 3.8) is 0 Å². The van der Waals surface area contributed by atoms with Gasteiger partial charge in [-0.05, 0) is 118 Å². The topological polar surface area (TPSA) is 95.0 Å². The van der Waals surface area contributed by atoms with E-state index in [9.17, 15) is 14.7 Å². The molecule has 0 fully saturated rings. The molecule has 0 radical (unpaired) electrons. The van der Waals surface area contributed by atoms with Gasteiger partial charge in [0, 0.05) is 16.7 Å². The summed E-state index contributed by atoms with van der Waals surface area (Å²) in [6.07, 6.45) is 6.92. The van der Waals surface area contributed by atoms with Crippen molar-refractivity contribution in [2.24, 2.45) is 17.3 Å². The number of thiazole rings is 1. The van der Waals surface area contributed by atoms with Crippen molar-refractivity contribution >= 4 is 54.1 Å². The Bertz CT molecular complexity index is 1510. The van der Waals surface area contributed by atoms with E-state index in [2.05, 4.69) is 145 Å². The molecule has 0 unspecified atom stereocenters. The molecule has 0 saturated heterocycles. The standard InChI is InChI=1S/C45H85NO6SSi3/c1-31(26-27-37(50-54(17,18)42(6,7)8)33(3)28-36-30-53-35(5)46-36)24-23-25-32(2)40(52-56(21,22)44(12,13)14)34(4)41(49)45(15,16)38(29-39(47)48)51-55(19,20)43(9,10)11/h26,28,30,32,34,37-38,40H,23-25,27,29H2,1-22H3,(H,47,48)/b31-26-,33-28+/t32-,34+,37-,38-,40-/m0/s1. The first-order valence-electron chi connectivity index (χ1n) is 21.0. The fraction of sp³-hybridized carbons (Fsp3) is 0.800. The first-order valence-corrected chi connectivity index (χ1v) is 30.6. The summed E-state index contributed by atoms with van der Waals surface area (Å²) in [5.41, 5.74) is 2.51. The van der Waals surface area contributed by atoms with E-state index in [-0.39, 0.29) is 45.4 Å². The monoisotopic (exact) mass is 852 g/mol. The van der Waals surface area contributed by atoms with Gasteiger partial charge in [0.15, 0.2) is 25.0 Å². The fourth-order valence-electron chi connectivity index (χ4n) is 6.17. The molecule has 1 N–H and O–H groups in total. The molecule has 324 valence electrons. The number of carboxylic acid groups (broad SMARTS) is 1. The maximum atomic E-state index is 14.7. The molecule has 0 aromatic carbocycles. The van der Waals surface area contributed by atoms with Crippen LogP contribution in [0.5, 0.6) is 0 Å². The molecule has 0 amide bonds. The predicted molar refractivity (Wildman–Crippen MR) is 248 cm³/mol. The van der Waals surface area contributed by atoms with Gasteiger partial charge in [-0.15, -0.1) is 11.3 Å². The predicted octanol–water partition coefficient (Wildman–Crippen LogP) is 13.9. The molecule has 0 aliphatic carbocycles. The number of aliphatic carboxylic acids is 1. The van der Waals surface area contributed by atoms with Crippen LogP contribution in [-0.2, 0) is 22.9 Å². The van der Waals surface area contributed by atoms with Crippen LogP contribution in [-0.4, -0.2) is 65.1 Å². The molecule has 1 heterocycles. The average Bonchev–Trinajstić information content (AvgIpc) is 3.42. The van der Waals surface area contributed by atoms with E-state index in [1.54, 1.807) is 11.3 Å². The summed E-state index contributed by atoms with van der Waals surface area (Å²) in [5, 5.41) is 13.1. The van der Waals surface area contributed by atoms with Crippen LogP contribution in [0.4, 0.5) is 0 Å². The molecule has 56 heavy (non-hydrogen) atoms. The summed E-state index contributed by atoms with van der Waals surface area (Å²) in [6, 6.07) is 0. The molecule has 11 heteroatoms. The Morgan fingerprint density at radius 3 is 1.75 bits per heavy atom. The molecule has 0 saturated carbocycles. The van der Waals surface area contributed by atoms with Crippen LogP contribution in [0.1, 0.15) is 147 Å². The molecule has 5 atom stereocenters. The van der Waals surface area contributed by atoms with Gasteiger partial charge in [0.05, 0.1) is 35.4 Å². The van der Waals surface area contributed by atoms with E-state index in [1.807, 2.05) is 27.7 Å². The Hall–Kier alpha value is -1.22. The van der Waals surface area contributed by atoms with Crippen LogP contribution in [0.15, 0.2) is 22.6 Å². The number of hydrogen-bond acceptors (Lipinski definition) is 7. The van der Waals surface area contributed by atoms with Gasteiger partial charge in [0.1, 0.15) is 5.78 Å². The molecule has 1 rings (SSSR count). The van der Waals surface area contributed by atoms with Crippen LogP contribution in [0, 0.1) is 24.2 Å². The van der Waals surface area contributed by atoms with Crippen molar-refractivity contribution in [3.05, 3.63) is 33.3 Å². The highest BCUT2D eigenvalue weighted by Crippen LogP contribution is 2.44. The summed E-state index contributed by atoms with van der Waals surface area (Å²) in [6.45, 7) is 47.8. The number of allylic oxidation sites excluding steroid dienone is 1. The molecular formula is C45H85NO6SSi3. The molecule has 1 aromatic rings. The van der Waals surface area contributed by atoms with Crippen LogP contribution in [0.3, 0.4) is 0 Å². The van der Waals surface area contributed by atoms with Gasteiger partial charge in [-0.1, -0.05) is 102 Å². The molecule has 0 bridgehead atoms. The van der Waals surface area contributed by atoms with Gasteiger partial charge in [-0.2, -0.15) is 0 Å². The number of carbonyl (C=O) groups excluding carboxylic acids is 1. The first-order chi connectivity index (χ1) is 25.0. The maximum Gasteiger partial charge on any atom is 0.305 e. The van der Waals surface area contributed by atoms with E-state index in [0.717, 1.165) is 36.4 Å². The number of rotatable bonds is 21. The van der Waals surface area contributed by atoms with Gasteiger partial charge < -0.3 is 18.4 Å². The number of carbonyl (C=O) groups is 2. The van der Waals surface area contributed by atoms with Crippen LogP contribution in [0.2, 0.25) is 54.4 Å². The minimum absolute atomic E-state index is 0.0121. The Morgan fingerprint density at radius 1 is 0.821 bits per heavy atom. The lowest BCUT2D eigenvalue weighted by Crippen LogP contribution is -2.54. The van der Waals surface area contributed by atoms with Gasteiger partial charge in [-0.25, -0.2) is 4.98 Å². The third kappa shape index (κ3) is 15.1. The summed E-state index contributed by atoms with van der Waals surface area (Å²) >= 11 is 1.67. The third-order valence-corrected chi connectivity index (χ3v) is 27.7. The Kier molecular flexibility index (Phi) is 18.8. The Balaban J connectivity index is 3.37. The lowest BCUT2D eigenvalue weighted by Gasteiger charge is -2.46. The number of Topliss-reactive ketones (excluding diaryl/α,β-unsaturated/α-hetero) is 1. The molecule has 1 aromatic heterocycles. The number of hydrogen-bond donors (Lipinski definition) is 1. The summed E-state index contributed by atoms with van der Waals surface area (Å²) in [4.78, 5) is 31.6. The SMILES string of the molecule is C/C(=C/C[C@H](O[Si](C)(C)C(C)(C)C)/C(C)=C/c1csc(C)n1)CCC[C@H](C)[C@H](O[Si](C)(C)C(C)(C)C)[C@@H](C)C(=O)C(C)(C)[C@H](CC(=O)O)O[Si](C)(C)C(C)(C)C. The largest absolute Gasteiger partial charge is 0.481 e. The second-order valence-electron chi connectivity index (χ2n) is 21.9. The number of ketones is 1. The van der Waals surface area contributed by atoms with Gasteiger partial charge in [0.25, 0.3) is 0 Å². The summed E-state index contributed by atoms with van der Waals surface area (Å²) < 4.78 is 20.9. The number of nitrogens with zero attached hydrogens (tertiary/aromatic N) is 1. The van der Waals surface area contributed by atoms with Crippen molar-refractivity contribution in [2.45, 2.75) is 216 Å². The van der Waals surface area contributed by atoms with Crippen LogP contribution >= 0.6 is 11.3 Å². The zero-order valence-electron chi connectivity index (χ0n) is 40.0. The minimum atomic E-state index is -2.38. The highest BCUT2D eigenvalue weighted by atomic mass is 32.1. The zero-order valence-corrected chi connectivity index (χ0v) is 43.8. The highest BCUT2D eigenvalue weighted by Gasteiger charge is 2.50. The molecule has 7 nitrogen and oxygen atoms in total. The van der Waals surface area contributed by atoms with Crippen molar-refractivity contribution in [3.8, 4) is 0 Å². The average molecular weight is 853 g/mol. The van der Waals surface area contributed by atoms with Crippen LogP contribution < -0.4 is 0 Å². The molecule has 0 aliphatic rings. The summed E-state index contributed by atoms with van der Waals surface area (Å²) in [7, 11) is -6.69. The minimum Gasteiger partial charge on any atom is -0.481 e. The van der Waals surface area contributed by atoms with E-state index in [4.69, 9.17) is 13.3 Å². The Morgan fingerprint density at radius 2 is 1.30 bits per heavy atom. The van der Waals surface area contributed by atoms with Gasteiger partial charge >= 0.3 is 5.97 Å². The number of aryl methyl sites for hydroxylation is 1. The lowest BCUT2D eigenvalue weighted by molar-refractivity contribution is -0.146.